The van der Waals surface area contributed by atoms with Crippen molar-refractivity contribution in [2.24, 2.45) is 0 Å². The summed E-state index contributed by atoms with van der Waals surface area (Å²) in [6.45, 7) is 5.78. The maximum atomic E-state index is 12.0. The summed E-state index contributed by atoms with van der Waals surface area (Å²) in [7, 11) is 2.05. The molecule has 0 radical (unpaired) electrons. The highest BCUT2D eigenvalue weighted by molar-refractivity contribution is 14.1. The van der Waals surface area contributed by atoms with Gasteiger partial charge in [0.1, 0.15) is 0 Å². The van der Waals surface area contributed by atoms with Gasteiger partial charge in [0, 0.05) is 27.2 Å². The molecule has 0 unspecified atom stereocenters. The van der Waals surface area contributed by atoms with Crippen molar-refractivity contribution in [1.82, 2.24) is 10.2 Å². The molecule has 0 saturated heterocycles. The summed E-state index contributed by atoms with van der Waals surface area (Å²) < 4.78 is 1.89. The Labute approximate surface area is 131 Å². The molecule has 1 amide bonds. The van der Waals surface area contributed by atoms with Gasteiger partial charge in [-0.3, -0.25) is 4.79 Å². The lowest BCUT2D eigenvalue weighted by Crippen LogP contribution is -2.36. The molecule has 0 atom stereocenters. The number of halogens is 2. The smallest absolute Gasteiger partial charge is 0.252 e. The zero-order valence-electron chi connectivity index (χ0n) is 10.8. The summed E-state index contributed by atoms with van der Waals surface area (Å²) in [6.07, 6.45) is 0. The summed E-state index contributed by atoms with van der Waals surface area (Å²) in [5.74, 6) is -0.0300. The molecule has 1 rings (SSSR count). The number of amides is 1. The molecule has 100 valence electrons. The van der Waals surface area contributed by atoms with Crippen molar-refractivity contribution < 1.29 is 4.79 Å². The van der Waals surface area contributed by atoms with E-state index in [9.17, 15) is 4.79 Å². The Morgan fingerprint density at radius 3 is 2.78 bits per heavy atom. The molecule has 0 fully saturated rings. The van der Waals surface area contributed by atoms with Crippen LogP contribution < -0.4 is 5.32 Å². The molecule has 3 nitrogen and oxygen atoms in total. The number of hydrogen-bond acceptors (Lipinski definition) is 2. The summed E-state index contributed by atoms with van der Waals surface area (Å²) in [4.78, 5) is 14.2. The highest BCUT2D eigenvalue weighted by Gasteiger charge is 2.10. The van der Waals surface area contributed by atoms with Crippen LogP contribution >= 0.6 is 38.5 Å². The van der Waals surface area contributed by atoms with Gasteiger partial charge in [0.2, 0.25) is 0 Å². The first-order valence-corrected chi connectivity index (χ1v) is 7.72. The fourth-order valence-electron chi connectivity index (χ4n) is 1.37. The topological polar surface area (TPSA) is 32.3 Å². The molecule has 18 heavy (non-hydrogen) atoms. The average Bonchev–Trinajstić information content (AvgIpc) is 2.31. The molecule has 0 aliphatic rings. The van der Waals surface area contributed by atoms with Gasteiger partial charge in [0.15, 0.2) is 0 Å². The molecule has 0 heterocycles. The van der Waals surface area contributed by atoms with Gasteiger partial charge in [0.25, 0.3) is 5.91 Å². The number of benzene rings is 1. The van der Waals surface area contributed by atoms with Crippen LogP contribution in [0.25, 0.3) is 0 Å². The summed E-state index contributed by atoms with van der Waals surface area (Å²) in [6, 6.07) is 6.24. The molecule has 0 aromatic heterocycles. The number of nitrogens with zero attached hydrogens (tertiary/aromatic N) is 1. The van der Waals surface area contributed by atoms with E-state index in [0.29, 0.717) is 18.2 Å². The van der Waals surface area contributed by atoms with Gasteiger partial charge in [-0.1, -0.05) is 0 Å². The Morgan fingerprint density at radius 1 is 1.50 bits per heavy atom. The lowest BCUT2D eigenvalue weighted by atomic mass is 10.2. The van der Waals surface area contributed by atoms with Gasteiger partial charge in [-0.25, -0.2) is 0 Å². The van der Waals surface area contributed by atoms with Crippen molar-refractivity contribution in [2.75, 3.05) is 20.1 Å². The first kappa shape index (κ1) is 15.9. The van der Waals surface area contributed by atoms with E-state index >= 15 is 0 Å². The Morgan fingerprint density at radius 2 is 2.17 bits per heavy atom. The van der Waals surface area contributed by atoms with Crippen LogP contribution in [0.15, 0.2) is 22.7 Å². The van der Waals surface area contributed by atoms with E-state index in [1.807, 2.05) is 18.2 Å². The van der Waals surface area contributed by atoms with E-state index in [-0.39, 0.29) is 5.91 Å². The van der Waals surface area contributed by atoms with Crippen molar-refractivity contribution in [2.45, 2.75) is 19.9 Å². The third-order valence-electron chi connectivity index (χ3n) is 2.80. The molecule has 0 saturated carbocycles. The second-order valence-electron chi connectivity index (χ2n) is 4.45. The number of hydrogen-bond donors (Lipinski definition) is 1. The minimum absolute atomic E-state index is 0.0300. The molecule has 0 spiro atoms. The van der Waals surface area contributed by atoms with E-state index in [1.165, 1.54) is 0 Å². The SMILES string of the molecule is CC(C)N(C)CCNC(=O)c1cc(I)ccc1Br. The zero-order valence-corrected chi connectivity index (χ0v) is 14.6. The summed E-state index contributed by atoms with van der Waals surface area (Å²) >= 11 is 5.60. The quantitative estimate of drug-likeness (QED) is 0.736. The van der Waals surface area contributed by atoms with Gasteiger partial charge < -0.3 is 10.2 Å². The van der Waals surface area contributed by atoms with Gasteiger partial charge >= 0.3 is 0 Å². The second kappa shape index (κ2) is 7.45. The van der Waals surface area contributed by atoms with Crippen LogP contribution in [-0.2, 0) is 0 Å². The molecule has 0 aliphatic heterocycles. The van der Waals surface area contributed by atoms with Gasteiger partial charge in [-0.15, -0.1) is 0 Å². The lowest BCUT2D eigenvalue weighted by molar-refractivity contribution is 0.0947. The van der Waals surface area contributed by atoms with Crippen LogP contribution in [-0.4, -0.2) is 37.0 Å². The zero-order chi connectivity index (χ0) is 13.7. The predicted molar refractivity (Wildman–Crippen MR) is 87.0 cm³/mol. The average molecular weight is 425 g/mol. The molecule has 1 N–H and O–H groups in total. The van der Waals surface area contributed by atoms with Gasteiger partial charge in [-0.2, -0.15) is 0 Å². The number of carbonyl (C=O) groups excluding carboxylic acids is 1. The van der Waals surface area contributed by atoms with E-state index < -0.39 is 0 Å². The van der Waals surface area contributed by atoms with E-state index in [4.69, 9.17) is 0 Å². The normalized spacial score (nSPS) is 11.1. The number of carbonyl (C=O) groups is 1. The third-order valence-corrected chi connectivity index (χ3v) is 4.17. The molecule has 5 heteroatoms. The molecule has 0 bridgehead atoms. The first-order chi connectivity index (χ1) is 8.41. The standard InChI is InChI=1S/C13H18BrIN2O/c1-9(2)17(3)7-6-16-13(18)11-8-10(15)4-5-12(11)14/h4-5,8-9H,6-7H2,1-3H3,(H,16,18). The first-order valence-electron chi connectivity index (χ1n) is 5.85. The lowest BCUT2D eigenvalue weighted by Gasteiger charge is -2.20. The Kier molecular flexibility index (Phi) is 6.59. The molecule has 1 aromatic rings. The van der Waals surface area contributed by atoms with Crippen molar-refractivity contribution in [3.63, 3.8) is 0 Å². The fourth-order valence-corrected chi connectivity index (χ4v) is 2.29. The highest BCUT2D eigenvalue weighted by Crippen LogP contribution is 2.19. The van der Waals surface area contributed by atoms with Gasteiger partial charge in [0.05, 0.1) is 5.56 Å². The minimum Gasteiger partial charge on any atom is -0.351 e. The highest BCUT2D eigenvalue weighted by atomic mass is 127. The van der Waals surface area contributed by atoms with Crippen molar-refractivity contribution in [3.05, 3.63) is 31.8 Å². The fraction of sp³-hybridized carbons (Fsp3) is 0.462. The number of rotatable bonds is 5. The molecule has 0 aliphatic carbocycles. The Balaban J connectivity index is 2.53. The van der Waals surface area contributed by atoms with E-state index in [0.717, 1.165) is 14.6 Å². The number of nitrogens with one attached hydrogen (secondary N) is 1. The molecular formula is C13H18BrIN2O. The van der Waals surface area contributed by atoms with Crippen LogP contribution in [0, 0.1) is 3.57 Å². The van der Waals surface area contributed by atoms with E-state index in [1.54, 1.807) is 0 Å². The van der Waals surface area contributed by atoms with Crippen LogP contribution in [0.2, 0.25) is 0 Å². The maximum absolute atomic E-state index is 12.0. The molecule has 1 aromatic carbocycles. The van der Waals surface area contributed by atoms with Crippen LogP contribution in [0.1, 0.15) is 24.2 Å². The third kappa shape index (κ3) is 4.85. The maximum Gasteiger partial charge on any atom is 0.252 e. The largest absolute Gasteiger partial charge is 0.351 e. The van der Waals surface area contributed by atoms with E-state index in [2.05, 4.69) is 69.6 Å². The van der Waals surface area contributed by atoms with Crippen molar-refractivity contribution in [3.8, 4) is 0 Å². The van der Waals surface area contributed by atoms with Crippen LogP contribution in [0.4, 0.5) is 0 Å². The minimum atomic E-state index is -0.0300. The van der Waals surface area contributed by atoms with Crippen LogP contribution in [0.3, 0.4) is 0 Å². The summed E-state index contributed by atoms with van der Waals surface area (Å²) in [5.41, 5.74) is 0.689. The monoisotopic (exact) mass is 424 g/mol. The Hall–Kier alpha value is -0.140. The number of likely N-dealkylation sites (N-methyl/N-ethyl adjacent to an activating group) is 1. The Bertz CT molecular complexity index is 423. The summed E-state index contributed by atoms with van der Waals surface area (Å²) in [5, 5.41) is 2.94. The predicted octanol–water partition coefficient (Wildman–Crippen LogP) is 3.12. The van der Waals surface area contributed by atoms with Crippen molar-refractivity contribution >= 4 is 44.4 Å². The van der Waals surface area contributed by atoms with Crippen LogP contribution in [0.5, 0.6) is 0 Å². The second-order valence-corrected chi connectivity index (χ2v) is 6.55. The molecular weight excluding hydrogens is 407 g/mol. The van der Waals surface area contributed by atoms with Gasteiger partial charge in [-0.05, 0) is 77.6 Å². The van der Waals surface area contributed by atoms with Crippen molar-refractivity contribution in [1.29, 1.82) is 0 Å².